The van der Waals surface area contributed by atoms with Gasteiger partial charge in [-0.3, -0.25) is 9.69 Å². The second-order valence-corrected chi connectivity index (χ2v) is 3.84. The van der Waals surface area contributed by atoms with Crippen molar-refractivity contribution in [3.63, 3.8) is 0 Å². The maximum atomic E-state index is 11.4. The fourth-order valence-corrected chi connectivity index (χ4v) is 2.20. The summed E-state index contributed by atoms with van der Waals surface area (Å²) in [5, 5.41) is 11.1. The van der Waals surface area contributed by atoms with Gasteiger partial charge in [-0.05, 0) is 6.42 Å². The Labute approximate surface area is 84.0 Å². The number of carboxylic acid groups (broad SMARTS) is 1. The number of carbonyl (C=O) groups is 2. The molecule has 1 N–H and O–H groups in total. The van der Waals surface area contributed by atoms with Crippen molar-refractivity contribution in [2.45, 2.75) is 18.9 Å². The zero-order valence-corrected chi connectivity index (χ0v) is 8.03. The van der Waals surface area contributed by atoms with Gasteiger partial charge in [-0.2, -0.15) is 0 Å². The third kappa shape index (κ3) is 1.37. The number of aromatic nitrogens is 1. The van der Waals surface area contributed by atoms with Gasteiger partial charge >= 0.3 is 5.97 Å². The van der Waals surface area contributed by atoms with Crippen LogP contribution < -0.4 is 4.90 Å². The Bertz CT molecular complexity index is 363. The van der Waals surface area contributed by atoms with Gasteiger partial charge in [-0.15, -0.1) is 11.3 Å². The van der Waals surface area contributed by atoms with E-state index in [1.54, 1.807) is 11.6 Å². The predicted octanol–water partition coefficient (Wildman–Crippen LogP) is 0.723. The highest BCUT2D eigenvalue weighted by molar-refractivity contribution is 7.13. The molecule has 1 saturated heterocycles. The number of aliphatic carboxylic acids is 1. The minimum atomic E-state index is -0.967. The Morgan fingerprint density at radius 1 is 1.71 bits per heavy atom. The standard InChI is InChI=1S/C8H8N2O3S/c11-6-2-1-5(7(12)13)10(6)8-9-3-4-14-8/h3-5H,1-2H2,(H,12,13)/t5-/m0/s1. The second kappa shape index (κ2) is 3.38. The summed E-state index contributed by atoms with van der Waals surface area (Å²) in [7, 11) is 0. The number of amides is 1. The van der Waals surface area contributed by atoms with Gasteiger partial charge < -0.3 is 5.11 Å². The average molecular weight is 212 g/mol. The first-order valence-corrected chi connectivity index (χ1v) is 5.02. The molecule has 1 amide bonds. The summed E-state index contributed by atoms with van der Waals surface area (Å²) in [6.45, 7) is 0. The van der Waals surface area contributed by atoms with Crippen LogP contribution in [-0.2, 0) is 9.59 Å². The van der Waals surface area contributed by atoms with Gasteiger partial charge in [0.05, 0.1) is 0 Å². The van der Waals surface area contributed by atoms with Gasteiger partial charge in [0, 0.05) is 18.0 Å². The predicted molar refractivity (Wildman–Crippen MR) is 50.3 cm³/mol. The van der Waals surface area contributed by atoms with E-state index in [9.17, 15) is 9.59 Å². The number of carbonyl (C=O) groups excluding carboxylic acids is 1. The van der Waals surface area contributed by atoms with Crippen molar-refractivity contribution in [1.82, 2.24) is 4.98 Å². The second-order valence-electron chi connectivity index (χ2n) is 2.97. The van der Waals surface area contributed by atoms with E-state index in [1.807, 2.05) is 0 Å². The number of anilines is 1. The van der Waals surface area contributed by atoms with Gasteiger partial charge in [0.15, 0.2) is 5.13 Å². The van der Waals surface area contributed by atoms with Crippen LogP contribution in [-0.4, -0.2) is 28.0 Å². The highest BCUT2D eigenvalue weighted by Crippen LogP contribution is 2.28. The molecule has 14 heavy (non-hydrogen) atoms. The van der Waals surface area contributed by atoms with E-state index in [4.69, 9.17) is 5.11 Å². The summed E-state index contributed by atoms with van der Waals surface area (Å²) in [5.41, 5.74) is 0. The highest BCUT2D eigenvalue weighted by Gasteiger charge is 2.38. The van der Waals surface area contributed by atoms with E-state index >= 15 is 0 Å². The van der Waals surface area contributed by atoms with Gasteiger partial charge in [-0.1, -0.05) is 0 Å². The maximum Gasteiger partial charge on any atom is 0.326 e. The molecule has 0 saturated carbocycles. The van der Waals surface area contributed by atoms with Gasteiger partial charge in [0.2, 0.25) is 5.91 Å². The molecule has 0 aromatic carbocycles. The first kappa shape index (κ1) is 9.14. The summed E-state index contributed by atoms with van der Waals surface area (Å²) in [6.07, 6.45) is 2.22. The van der Waals surface area contributed by atoms with Crippen LogP contribution >= 0.6 is 11.3 Å². The minimum Gasteiger partial charge on any atom is -0.480 e. The lowest BCUT2D eigenvalue weighted by atomic mass is 10.2. The lowest BCUT2D eigenvalue weighted by Crippen LogP contribution is -2.38. The van der Waals surface area contributed by atoms with Crippen molar-refractivity contribution < 1.29 is 14.7 Å². The SMILES string of the molecule is O=C(O)[C@@H]1CCC(=O)N1c1nccs1. The largest absolute Gasteiger partial charge is 0.480 e. The highest BCUT2D eigenvalue weighted by atomic mass is 32.1. The molecule has 74 valence electrons. The summed E-state index contributed by atoms with van der Waals surface area (Å²) in [5.74, 6) is -1.13. The first-order chi connectivity index (χ1) is 6.70. The van der Waals surface area contributed by atoms with Crippen LogP contribution in [0.2, 0.25) is 0 Å². The fourth-order valence-electron chi connectivity index (χ4n) is 1.49. The molecule has 1 aromatic rings. The Morgan fingerprint density at radius 3 is 3.07 bits per heavy atom. The number of carboxylic acids is 1. The molecule has 0 bridgehead atoms. The molecule has 0 radical (unpaired) electrons. The smallest absolute Gasteiger partial charge is 0.326 e. The molecule has 0 unspecified atom stereocenters. The zero-order valence-electron chi connectivity index (χ0n) is 7.21. The van der Waals surface area contributed by atoms with E-state index in [1.165, 1.54) is 16.2 Å². The van der Waals surface area contributed by atoms with E-state index in [2.05, 4.69) is 4.98 Å². The van der Waals surface area contributed by atoms with Crippen molar-refractivity contribution in [2.75, 3.05) is 4.90 Å². The van der Waals surface area contributed by atoms with Crippen molar-refractivity contribution in [3.05, 3.63) is 11.6 Å². The Hall–Kier alpha value is -1.43. The Kier molecular flexibility index (Phi) is 2.20. The summed E-state index contributed by atoms with van der Waals surface area (Å²) in [6, 6.07) is -0.742. The zero-order chi connectivity index (χ0) is 10.1. The molecule has 5 nitrogen and oxygen atoms in total. The maximum absolute atomic E-state index is 11.4. The van der Waals surface area contributed by atoms with Crippen molar-refractivity contribution in [3.8, 4) is 0 Å². The van der Waals surface area contributed by atoms with Crippen molar-refractivity contribution in [1.29, 1.82) is 0 Å². The molecule has 0 aliphatic carbocycles. The molecule has 2 rings (SSSR count). The van der Waals surface area contributed by atoms with Crippen LogP contribution in [0.4, 0.5) is 5.13 Å². The van der Waals surface area contributed by atoms with Gasteiger partial charge in [0.1, 0.15) is 6.04 Å². The van der Waals surface area contributed by atoms with Crippen LogP contribution in [0.5, 0.6) is 0 Å². The Balaban J connectivity index is 2.31. The molecular formula is C8H8N2O3S. The summed E-state index contributed by atoms with van der Waals surface area (Å²) >= 11 is 1.28. The summed E-state index contributed by atoms with van der Waals surface area (Å²) in [4.78, 5) is 27.5. The van der Waals surface area contributed by atoms with E-state index in [0.29, 0.717) is 11.6 Å². The first-order valence-electron chi connectivity index (χ1n) is 4.14. The number of nitrogens with zero attached hydrogens (tertiary/aromatic N) is 2. The lowest BCUT2D eigenvalue weighted by Gasteiger charge is -2.17. The topological polar surface area (TPSA) is 70.5 Å². The minimum absolute atomic E-state index is 0.160. The van der Waals surface area contributed by atoms with Crippen LogP contribution in [0.1, 0.15) is 12.8 Å². The molecule has 1 aliphatic rings. The van der Waals surface area contributed by atoms with E-state index in [-0.39, 0.29) is 12.3 Å². The van der Waals surface area contributed by atoms with E-state index < -0.39 is 12.0 Å². The Morgan fingerprint density at radius 2 is 2.50 bits per heavy atom. The number of rotatable bonds is 2. The quantitative estimate of drug-likeness (QED) is 0.784. The van der Waals surface area contributed by atoms with Crippen LogP contribution in [0.3, 0.4) is 0 Å². The van der Waals surface area contributed by atoms with Gasteiger partial charge in [0.25, 0.3) is 0 Å². The van der Waals surface area contributed by atoms with E-state index in [0.717, 1.165) is 0 Å². The number of thiazole rings is 1. The third-order valence-electron chi connectivity index (χ3n) is 2.12. The molecule has 1 aliphatic heterocycles. The van der Waals surface area contributed by atoms with Gasteiger partial charge in [-0.25, -0.2) is 9.78 Å². The average Bonchev–Trinajstić information content (AvgIpc) is 2.71. The van der Waals surface area contributed by atoms with Crippen molar-refractivity contribution >= 4 is 28.3 Å². The lowest BCUT2D eigenvalue weighted by molar-refractivity contribution is -0.138. The summed E-state index contributed by atoms with van der Waals surface area (Å²) < 4.78 is 0. The molecule has 1 fully saturated rings. The monoisotopic (exact) mass is 212 g/mol. The normalized spacial score (nSPS) is 21.6. The number of hydrogen-bond donors (Lipinski definition) is 1. The molecule has 1 aromatic heterocycles. The molecular weight excluding hydrogens is 204 g/mol. The molecule has 2 heterocycles. The van der Waals surface area contributed by atoms with Crippen LogP contribution in [0, 0.1) is 0 Å². The fraction of sp³-hybridized carbons (Fsp3) is 0.375. The molecule has 1 atom stereocenters. The van der Waals surface area contributed by atoms with Crippen LogP contribution in [0.15, 0.2) is 11.6 Å². The number of hydrogen-bond acceptors (Lipinski definition) is 4. The third-order valence-corrected chi connectivity index (χ3v) is 2.89. The molecule has 6 heteroatoms. The molecule has 0 spiro atoms. The van der Waals surface area contributed by atoms with Crippen molar-refractivity contribution in [2.24, 2.45) is 0 Å². The van der Waals surface area contributed by atoms with Crippen LogP contribution in [0.25, 0.3) is 0 Å².